The van der Waals surface area contributed by atoms with Crippen molar-refractivity contribution in [2.24, 2.45) is 0 Å². The Morgan fingerprint density at radius 2 is 2.08 bits per heavy atom. The minimum absolute atomic E-state index is 0.331. The zero-order chi connectivity index (χ0) is 9.10. The fourth-order valence-corrected chi connectivity index (χ4v) is 1.25. The summed E-state index contributed by atoms with van der Waals surface area (Å²) in [7, 11) is 0. The van der Waals surface area contributed by atoms with E-state index in [1.54, 1.807) is 12.3 Å². The molecular weight excluding hydrogens is 164 g/mol. The van der Waals surface area contributed by atoms with Gasteiger partial charge in [-0.25, -0.2) is 0 Å². The molecule has 66 valence electrons. The molecule has 0 spiro atoms. The molecule has 0 fully saturated rings. The molecule has 0 unspecified atom stereocenters. The van der Waals surface area contributed by atoms with Gasteiger partial charge in [0.05, 0.1) is 0 Å². The number of phenolic OH excluding ortho intramolecular Hbond substituents is 1. The first-order valence-electron chi connectivity index (χ1n) is 4.11. The number of para-hydroxylation sites is 1. The van der Waals surface area contributed by atoms with Crippen molar-refractivity contribution in [1.29, 1.82) is 0 Å². The SMILES string of the molecule is Oc1ccccc1Cc1ccn[nH]1. The van der Waals surface area contributed by atoms with Gasteiger partial charge in [0.15, 0.2) is 0 Å². The highest BCUT2D eigenvalue weighted by Crippen LogP contribution is 2.18. The number of aromatic amines is 1. The van der Waals surface area contributed by atoms with Crippen LogP contribution in [0.3, 0.4) is 0 Å². The lowest BCUT2D eigenvalue weighted by molar-refractivity contribution is 0.469. The third kappa shape index (κ3) is 1.69. The van der Waals surface area contributed by atoms with Gasteiger partial charge >= 0.3 is 0 Å². The fourth-order valence-electron chi connectivity index (χ4n) is 1.25. The molecule has 3 heteroatoms. The maximum Gasteiger partial charge on any atom is 0.119 e. The second-order valence-electron chi connectivity index (χ2n) is 2.89. The molecule has 2 rings (SSSR count). The van der Waals surface area contributed by atoms with E-state index in [0.717, 1.165) is 11.3 Å². The summed E-state index contributed by atoms with van der Waals surface area (Å²) in [6.07, 6.45) is 2.39. The third-order valence-electron chi connectivity index (χ3n) is 1.93. The van der Waals surface area contributed by atoms with Gasteiger partial charge in [-0.2, -0.15) is 5.10 Å². The Morgan fingerprint density at radius 3 is 2.77 bits per heavy atom. The number of H-pyrrole nitrogens is 1. The normalized spacial score (nSPS) is 10.2. The average Bonchev–Trinajstić information content (AvgIpc) is 2.61. The molecule has 1 aromatic heterocycles. The van der Waals surface area contributed by atoms with E-state index in [9.17, 15) is 5.11 Å². The number of hydrogen-bond acceptors (Lipinski definition) is 2. The molecular formula is C10H10N2O. The minimum atomic E-state index is 0.331. The van der Waals surface area contributed by atoms with E-state index in [2.05, 4.69) is 10.2 Å². The molecule has 13 heavy (non-hydrogen) atoms. The zero-order valence-electron chi connectivity index (χ0n) is 7.07. The largest absolute Gasteiger partial charge is 0.508 e. The summed E-state index contributed by atoms with van der Waals surface area (Å²) in [6.45, 7) is 0. The van der Waals surface area contributed by atoms with Crippen molar-refractivity contribution in [2.45, 2.75) is 6.42 Å². The molecule has 0 aliphatic heterocycles. The summed E-state index contributed by atoms with van der Waals surface area (Å²) in [5, 5.41) is 16.2. The van der Waals surface area contributed by atoms with Gasteiger partial charge in [-0.1, -0.05) is 18.2 Å². The molecule has 0 amide bonds. The first-order valence-corrected chi connectivity index (χ1v) is 4.11. The van der Waals surface area contributed by atoms with E-state index in [1.807, 2.05) is 24.3 Å². The molecule has 0 radical (unpaired) electrons. The van der Waals surface area contributed by atoms with Crippen molar-refractivity contribution in [3.05, 3.63) is 47.8 Å². The number of aromatic hydroxyl groups is 1. The number of nitrogens with one attached hydrogen (secondary N) is 1. The molecule has 0 bridgehead atoms. The molecule has 0 atom stereocenters. The lowest BCUT2D eigenvalue weighted by atomic mass is 10.1. The van der Waals surface area contributed by atoms with E-state index in [1.165, 1.54) is 0 Å². The predicted octanol–water partition coefficient (Wildman–Crippen LogP) is 1.71. The lowest BCUT2D eigenvalue weighted by Gasteiger charge is -2.00. The van der Waals surface area contributed by atoms with Crippen molar-refractivity contribution in [1.82, 2.24) is 10.2 Å². The number of benzene rings is 1. The van der Waals surface area contributed by atoms with Gasteiger partial charge in [0.25, 0.3) is 0 Å². The standard InChI is InChI=1S/C10H10N2O/c13-10-4-2-1-3-8(10)7-9-5-6-11-12-9/h1-6,13H,7H2,(H,11,12). The van der Waals surface area contributed by atoms with E-state index in [4.69, 9.17) is 0 Å². The number of hydrogen-bond donors (Lipinski definition) is 2. The van der Waals surface area contributed by atoms with Crippen LogP contribution in [0, 0.1) is 0 Å². The highest BCUT2D eigenvalue weighted by Gasteiger charge is 2.01. The summed E-state index contributed by atoms with van der Waals surface area (Å²) in [5.74, 6) is 0.331. The Bertz CT molecular complexity index is 382. The van der Waals surface area contributed by atoms with Crippen LogP contribution < -0.4 is 0 Å². The summed E-state index contributed by atoms with van der Waals surface area (Å²) >= 11 is 0. The number of aromatic nitrogens is 2. The van der Waals surface area contributed by atoms with Crippen LogP contribution >= 0.6 is 0 Å². The Labute approximate surface area is 76.0 Å². The molecule has 0 saturated carbocycles. The maximum absolute atomic E-state index is 9.48. The summed E-state index contributed by atoms with van der Waals surface area (Å²) in [4.78, 5) is 0. The third-order valence-corrected chi connectivity index (χ3v) is 1.93. The highest BCUT2D eigenvalue weighted by molar-refractivity contribution is 5.34. The van der Waals surface area contributed by atoms with Crippen LogP contribution in [0.4, 0.5) is 0 Å². The van der Waals surface area contributed by atoms with E-state index in [-0.39, 0.29) is 0 Å². The molecule has 0 aliphatic carbocycles. The van der Waals surface area contributed by atoms with Crippen LogP contribution in [0.15, 0.2) is 36.5 Å². The second kappa shape index (κ2) is 3.31. The number of rotatable bonds is 2. The highest BCUT2D eigenvalue weighted by atomic mass is 16.3. The Hall–Kier alpha value is -1.77. The maximum atomic E-state index is 9.48. The molecule has 0 saturated heterocycles. The van der Waals surface area contributed by atoms with Gasteiger partial charge in [-0.05, 0) is 17.7 Å². The van der Waals surface area contributed by atoms with Gasteiger partial charge in [0, 0.05) is 18.3 Å². The van der Waals surface area contributed by atoms with Crippen molar-refractivity contribution < 1.29 is 5.11 Å². The van der Waals surface area contributed by atoms with Crippen LogP contribution in [0.1, 0.15) is 11.3 Å². The molecule has 1 aromatic carbocycles. The minimum Gasteiger partial charge on any atom is -0.508 e. The molecule has 0 aliphatic rings. The fraction of sp³-hybridized carbons (Fsp3) is 0.100. The number of phenols is 1. The first kappa shape index (κ1) is 7.86. The number of nitrogens with zero attached hydrogens (tertiary/aromatic N) is 1. The van der Waals surface area contributed by atoms with Crippen molar-refractivity contribution in [3.8, 4) is 5.75 Å². The van der Waals surface area contributed by atoms with Gasteiger partial charge in [-0.15, -0.1) is 0 Å². The Balaban J connectivity index is 2.24. The van der Waals surface area contributed by atoms with Gasteiger partial charge in [0.2, 0.25) is 0 Å². The second-order valence-corrected chi connectivity index (χ2v) is 2.89. The summed E-state index contributed by atoms with van der Waals surface area (Å²) < 4.78 is 0. The molecule has 2 N–H and O–H groups in total. The Morgan fingerprint density at radius 1 is 1.23 bits per heavy atom. The van der Waals surface area contributed by atoms with E-state index in [0.29, 0.717) is 12.2 Å². The first-order chi connectivity index (χ1) is 6.36. The van der Waals surface area contributed by atoms with Gasteiger partial charge in [-0.3, -0.25) is 5.10 Å². The van der Waals surface area contributed by atoms with Gasteiger partial charge < -0.3 is 5.11 Å². The van der Waals surface area contributed by atoms with Crippen LogP contribution in [0.2, 0.25) is 0 Å². The molecule has 2 aromatic rings. The van der Waals surface area contributed by atoms with Crippen LogP contribution in [-0.2, 0) is 6.42 Å². The average molecular weight is 174 g/mol. The summed E-state index contributed by atoms with van der Waals surface area (Å²) in [6, 6.07) is 9.20. The quantitative estimate of drug-likeness (QED) is 0.728. The summed E-state index contributed by atoms with van der Waals surface area (Å²) in [5.41, 5.74) is 1.91. The van der Waals surface area contributed by atoms with Crippen LogP contribution in [0.5, 0.6) is 5.75 Å². The van der Waals surface area contributed by atoms with E-state index < -0.39 is 0 Å². The Kier molecular flexibility index (Phi) is 2.00. The predicted molar refractivity (Wildman–Crippen MR) is 49.5 cm³/mol. The zero-order valence-corrected chi connectivity index (χ0v) is 7.07. The van der Waals surface area contributed by atoms with Gasteiger partial charge in [0.1, 0.15) is 5.75 Å². The topological polar surface area (TPSA) is 48.9 Å². The molecule has 1 heterocycles. The van der Waals surface area contributed by atoms with E-state index >= 15 is 0 Å². The smallest absolute Gasteiger partial charge is 0.119 e. The van der Waals surface area contributed by atoms with Crippen molar-refractivity contribution in [2.75, 3.05) is 0 Å². The monoisotopic (exact) mass is 174 g/mol. The van der Waals surface area contributed by atoms with Crippen LogP contribution in [-0.4, -0.2) is 15.3 Å². The van der Waals surface area contributed by atoms with Crippen molar-refractivity contribution >= 4 is 0 Å². The lowest BCUT2D eigenvalue weighted by Crippen LogP contribution is -1.88. The van der Waals surface area contributed by atoms with Crippen LogP contribution in [0.25, 0.3) is 0 Å². The molecule has 3 nitrogen and oxygen atoms in total. The van der Waals surface area contributed by atoms with Crippen molar-refractivity contribution in [3.63, 3.8) is 0 Å².